The van der Waals surface area contributed by atoms with Gasteiger partial charge in [-0.25, -0.2) is 19.3 Å². The second-order valence-electron chi connectivity index (χ2n) is 5.94. The molecule has 1 fully saturated rings. The van der Waals surface area contributed by atoms with Crippen molar-refractivity contribution < 1.29 is 9.13 Å². The molecule has 26 heavy (non-hydrogen) atoms. The molecule has 0 aliphatic heterocycles. The van der Waals surface area contributed by atoms with Crippen LogP contribution in [0.2, 0.25) is 5.02 Å². The van der Waals surface area contributed by atoms with Crippen molar-refractivity contribution in [2.75, 3.05) is 0 Å². The number of rotatable bonds is 4. The van der Waals surface area contributed by atoms with Crippen LogP contribution in [0.1, 0.15) is 25.0 Å². The molecule has 0 saturated heterocycles. The topological polar surface area (TPSA) is 87.5 Å². The van der Waals surface area contributed by atoms with Gasteiger partial charge in [0.1, 0.15) is 23.8 Å². The number of ether oxygens (including phenoxy) is 1. The molecule has 1 aliphatic rings. The molecule has 0 radical (unpaired) electrons. The van der Waals surface area contributed by atoms with Gasteiger partial charge in [-0.2, -0.15) is 5.26 Å². The monoisotopic (exact) mass is 369 g/mol. The van der Waals surface area contributed by atoms with Crippen LogP contribution in [0.4, 0.5) is 4.39 Å². The van der Waals surface area contributed by atoms with Gasteiger partial charge in [0.2, 0.25) is 0 Å². The number of H-pyrrole nitrogens is 1. The largest absolute Gasteiger partial charge is 0.460 e. The van der Waals surface area contributed by atoms with E-state index >= 15 is 0 Å². The van der Waals surface area contributed by atoms with Gasteiger partial charge in [0.05, 0.1) is 16.3 Å². The zero-order valence-electron chi connectivity index (χ0n) is 13.5. The Labute approximate surface area is 153 Å². The van der Waals surface area contributed by atoms with E-state index in [0.29, 0.717) is 17.3 Å². The van der Waals surface area contributed by atoms with E-state index in [-0.39, 0.29) is 28.2 Å². The van der Waals surface area contributed by atoms with Crippen molar-refractivity contribution >= 4 is 11.6 Å². The lowest BCUT2D eigenvalue weighted by Crippen LogP contribution is -2.25. The number of halogens is 2. The van der Waals surface area contributed by atoms with Crippen LogP contribution in [0.3, 0.4) is 0 Å². The third-order valence-electron chi connectivity index (χ3n) is 4.25. The predicted molar refractivity (Wildman–Crippen MR) is 93.0 cm³/mol. The minimum atomic E-state index is -0.525. The second kappa shape index (κ2) is 6.73. The molecule has 130 valence electrons. The van der Waals surface area contributed by atoms with Crippen molar-refractivity contribution in [3.63, 3.8) is 0 Å². The number of nitriles is 1. The van der Waals surface area contributed by atoms with Crippen LogP contribution >= 0.6 is 11.6 Å². The first-order chi connectivity index (χ1) is 12.7. The maximum Gasteiger partial charge on any atom is 0.316 e. The quantitative estimate of drug-likeness (QED) is 0.747. The highest BCUT2D eigenvalue weighted by atomic mass is 35.5. The third-order valence-corrected chi connectivity index (χ3v) is 4.57. The van der Waals surface area contributed by atoms with Crippen molar-refractivity contribution in [1.29, 1.82) is 5.26 Å². The van der Waals surface area contributed by atoms with Crippen molar-refractivity contribution in [3.05, 3.63) is 47.1 Å². The molecule has 1 aromatic carbocycles. The lowest BCUT2D eigenvalue weighted by atomic mass is 9.96. The van der Waals surface area contributed by atoms with Gasteiger partial charge in [-0.15, -0.1) is 0 Å². The molecule has 6 nitrogen and oxygen atoms in total. The molecule has 4 rings (SSSR count). The standard InChI is InChI=1S/C18H13ClFN5O/c19-12-5-2-6-13(20)15(12)17-24-14(7-21)16(25-17)10-8-22-18(23-9-10)26-11-3-1-4-11/h2,5-6,8-9,11H,1,3-4H2,(H,24,25). The van der Waals surface area contributed by atoms with Crippen LogP contribution in [0.15, 0.2) is 30.6 Å². The molecule has 3 aromatic rings. The Morgan fingerprint density at radius 3 is 2.65 bits per heavy atom. The Morgan fingerprint density at radius 1 is 1.27 bits per heavy atom. The molecule has 0 unspecified atom stereocenters. The van der Waals surface area contributed by atoms with Gasteiger partial charge in [-0.05, 0) is 31.4 Å². The number of hydrogen-bond donors (Lipinski definition) is 1. The lowest BCUT2D eigenvalue weighted by molar-refractivity contribution is 0.108. The molecule has 0 spiro atoms. The highest BCUT2D eigenvalue weighted by molar-refractivity contribution is 6.33. The van der Waals surface area contributed by atoms with E-state index in [1.165, 1.54) is 12.1 Å². The maximum absolute atomic E-state index is 14.1. The van der Waals surface area contributed by atoms with Gasteiger partial charge >= 0.3 is 6.01 Å². The summed E-state index contributed by atoms with van der Waals surface area (Å²) in [5.74, 6) is -0.350. The van der Waals surface area contributed by atoms with Crippen LogP contribution in [0.5, 0.6) is 6.01 Å². The summed E-state index contributed by atoms with van der Waals surface area (Å²) in [6.07, 6.45) is 6.44. The fraction of sp³-hybridized carbons (Fsp3) is 0.222. The summed E-state index contributed by atoms with van der Waals surface area (Å²) in [4.78, 5) is 15.5. The molecular formula is C18H13ClFN5O. The van der Waals surface area contributed by atoms with Gasteiger partial charge in [0.15, 0.2) is 5.69 Å². The number of hydrogen-bond acceptors (Lipinski definition) is 5. The van der Waals surface area contributed by atoms with Crippen LogP contribution in [-0.2, 0) is 0 Å². The smallest absolute Gasteiger partial charge is 0.316 e. The first-order valence-corrected chi connectivity index (χ1v) is 8.47. The number of benzene rings is 1. The van der Waals surface area contributed by atoms with Gasteiger partial charge in [-0.1, -0.05) is 17.7 Å². The predicted octanol–water partition coefficient (Wildman–Crippen LogP) is 4.13. The molecule has 0 amide bonds. The van der Waals surface area contributed by atoms with Gasteiger partial charge in [0.25, 0.3) is 0 Å². The molecule has 1 aliphatic carbocycles. The van der Waals surface area contributed by atoms with Crippen molar-refractivity contribution in [2.45, 2.75) is 25.4 Å². The molecule has 2 heterocycles. The summed E-state index contributed by atoms with van der Waals surface area (Å²) in [6.45, 7) is 0. The fourth-order valence-electron chi connectivity index (χ4n) is 2.65. The molecule has 8 heteroatoms. The zero-order chi connectivity index (χ0) is 18.1. The Morgan fingerprint density at radius 2 is 2.04 bits per heavy atom. The summed E-state index contributed by atoms with van der Waals surface area (Å²) in [5, 5.41) is 9.57. The van der Waals surface area contributed by atoms with Crippen molar-refractivity contribution in [2.24, 2.45) is 0 Å². The van der Waals surface area contributed by atoms with E-state index in [1.54, 1.807) is 18.5 Å². The fourth-order valence-corrected chi connectivity index (χ4v) is 2.90. The summed E-state index contributed by atoms with van der Waals surface area (Å²) in [6, 6.07) is 6.64. The highest BCUT2D eigenvalue weighted by Gasteiger charge is 2.21. The Balaban J connectivity index is 1.68. The van der Waals surface area contributed by atoms with Gasteiger partial charge < -0.3 is 9.72 Å². The average molecular weight is 370 g/mol. The Kier molecular flexibility index (Phi) is 4.27. The number of imidazole rings is 1. The first-order valence-electron chi connectivity index (χ1n) is 8.09. The number of nitrogens with zero attached hydrogens (tertiary/aromatic N) is 4. The van der Waals surface area contributed by atoms with Crippen LogP contribution in [0.25, 0.3) is 22.6 Å². The number of aromatic nitrogens is 4. The van der Waals surface area contributed by atoms with Crippen LogP contribution < -0.4 is 4.74 Å². The second-order valence-corrected chi connectivity index (χ2v) is 6.35. The molecule has 0 bridgehead atoms. The SMILES string of the molecule is N#Cc1nc(-c2c(F)cccc2Cl)[nH]c1-c1cnc(OC2CCC2)nc1. The van der Waals surface area contributed by atoms with Crippen LogP contribution in [0, 0.1) is 17.1 Å². The van der Waals surface area contributed by atoms with E-state index in [0.717, 1.165) is 19.3 Å². The lowest BCUT2D eigenvalue weighted by Gasteiger charge is -2.24. The molecular weight excluding hydrogens is 357 g/mol. The summed E-state index contributed by atoms with van der Waals surface area (Å²) < 4.78 is 19.8. The summed E-state index contributed by atoms with van der Waals surface area (Å²) in [7, 11) is 0. The first kappa shape index (κ1) is 16.5. The maximum atomic E-state index is 14.1. The highest BCUT2D eigenvalue weighted by Crippen LogP contribution is 2.32. The normalized spacial score (nSPS) is 13.9. The van der Waals surface area contributed by atoms with E-state index < -0.39 is 5.82 Å². The van der Waals surface area contributed by atoms with E-state index in [1.807, 2.05) is 6.07 Å². The number of nitrogens with one attached hydrogen (secondary N) is 1. The number of aromatic amines is 1. The van der Waals surface area contributed by atoms with E-state index in [2.05, 4.69) is 19.9 Å². The third kappa shape index (κ3) is 3.00. The Hall–Kier alpha value is -2.98. The van der Waals surface area contributed by atoms with Crippen LogP contribution in [-0.4, -0.2) is 26.0 Å². The summed E-state index contributed by atoms with van der Waals surface area (Å²) in [5.41, 5.74) is 1.17. The summed E-state index contributed by atoms with van der Waals surface area (Å²) >= 11 is 6.08. The molecule has 0 atom stereocenters. The van der Waals surface area contributed by atoms with Crippen molar-refractivity contribution in [1.82, 2.24) is 19.9 Å². The molecule has 1 saturated carbocycles. The Bertz CT molecular complexity index is 972. The van der Waals surface area contributed by atoms with Crippen molar-refractivity contribution in [3.8, 4) is 34.7 Å². The zero-order valence-corrected chi connectivity index (χ0v) is 14.3. The van der Waals surface area contributed by atoms with E-state index in [4.69, 9.17) is 16.3 Å². The van der Waals surface area contributed by atoms with Gasteiger partial charge in [0, 0.05) is 18.0 Å². The van der Waals surface area contributed by atoms with E-state index in [9.17, 15) is 9.65 Å². The minimum Gasteiger partial charge on any atom is -0.460 e. The molecule has 2 aromatic heterocycles. The van der Waals surface area contributed by atoms with Gasteiger partial charge in [-0.3, -0.25) is 0 Å². The average Bonchev–Trinajstić information content (AvgIpc) is 3.02. The molecule has 1 N–H and O–H groups in total. The minimum absolute atomic E-state index is 0.107.